The molecule has 6 nitrogen and oxygen atoms in total. The molecule has 0 saturated heterocycles. The van der Waals surface area contributed by atoms with E-state index in [1.165, 1.54) is 6.92 Å². The van der Waals surface area contributed by atoms with Crippen molar-refractivity contribution in [3.63, 3.8) is 0 Å². The highest BCUT2D eigenvalue weighted by Gasteiger charge is 2.14. The monoisotopic (exact) mass is 300 g/mol. The smallest absolute Gasteiger partial charge is 0.355 e. The summed E-state index contributed by atoms with van der Waals surface area (Å²) < 4.78 is 10.0. The van der Waals surface area contributed by atoms with Crippen LogP contribution in [0.25, 0.3) is 6.08 Å². The molecule has 0 spiro atoms. The third-order valence-electron chi connectivity index (χ3n) is 2.67. The van der Waals surface area contributed by atoms with Gasteiger partial charge in [0.05, 0.1) is 0 Å². The first-order valence-electron chi connectivity index (χ1n) is 6.68. The van der Waals surface area contributed by atoms with Crippen molar-refractivity contribution in [2.45, 2.75) is 20.5 Å². The highest BCUT2D eigenvalue weighted by molar-refractivity contribution is 5.97. The summed E-state index contributed by atoms with van der Waals surface area (Å²) >= 11 is 0. The minimum Gasteiger partial charge on any atom is -0.454 e. The number of hydrogen-bond donors (Lipinski definition) is 1. The Hall–Kier alpha value is -2.89. The minimum absolute atomic E-state index is 0.0259. The van der Waals surface area contributed by atoms with E-state index in [1.807, 2.05) is 30.3 Å². The number of esters is 1. The maximum atomic E-state index is 12.1. The molecule has 0 aliphatic rings. The highest BCUT2D eigenvalue weighted by Crippen LogP contribution is 2.08. The number of ether oxygens (including phenoxy) is 1. The van der Waals surface area contributed by atoms with E-state index in [0.717, 1.165) is 5.56 Å². The molecule has 22 heavy (non-hydrogen) atoms. The summed E-state index contributed by atoms with van der Waals surface area (Å²) in [4.78, 5) is 23.3. The van der Waals surface area contributed by atoms with E-state index in [0.29, 0.717) is 11.5 Å². The molecule has 1 aromatic carbocycles. The summed E-state index contributed by atoms with van der Waals surface area (Å²) in [6, 6.07) is 10.8. The molecule has 0 aliphatic heterocycles. The fraction of sp³-hybridized carbons (Fsp3) is 0.188. The largest absolute Gasteiger partial charge is 0.454 e. The topological polar surface area (TPSA) is 81.4 Å². The second-order valence-corrected chi connectivity index (χ2v) is 4.65. The predicted octanol–water partition coefficient (Wildman–Crippen LogP) is 2.20. The van der Waals surface area contributed by atoms with Crippen LogP contribution in [0.2, 0.25) is 0 Å². The van der Waals surface area contributed by atoms with Crippen LogP contribution in [0.15, 0.2) is 46.6 Å². The van der Waals surface area contributed by atoms with Crippen LogP contribution in [-0.4, -0.2) is 17.0 Å². The van der Waals surface area contributed by atoms with Crippen molar-refractivity contribution in [1.82, 2.24) is 10.5 Å². The van der Waals surface area contributed by atoms with E-state index in [4.69, 9.17) is 9.26 Å². The molecule has 0 fully saturated rings. The standard InChI is InChI=1S/C16H16N2O4/c1-11-8-14(18-22-11)10-21-16(20)15(17-12(2)19)9-13-6-4-3-5-7-13/h3-9H,10H2,1-2H3,(H,17,19)/b15-9-. The number of aryl methyl sites for hydroxylation is 1. The van der Waals surface area contributed by atoms with Crippen molar-refractivity contribution >= 4 is 18.0 Å². The second-order valence-electron chi connectivity index (χ2n) is 4.65. The van der Waals surface area contributed by atoms with Crippen LogP contribution in [0.3, 0.4) is 0 Å². The quantitative estimate of drug-likeness (QED) is 0.676. The minimum atomic E-state index is -0.639. The van der Waals surface area contributed by atoms with E-state index in [9.17, 15) is 9.59 Å². The van der Waals surface area contributed by atoms with Gasteiger partial charge < -0.3 is 14.6 Å². The highest BCUT2D eigenvalue weighted by atomic mass is 16.5. The van der Waals surface area contributed by atoms with Crippen LogP contribution in [-0.2, 0) is 20.9 Å². The number of amides is 1. The van der Waals surface area contributed by atoms with Gasteiger partial charge >= 0.3 is 5.97 Å². The van der Waals surface area contributed by atoms with Crippen molar-refractivity contribution in [2.75, 3.05) is 0 Å². The van der Waals surface area contributed by atoms with Gasteiger partial charge in [0.1, 0.15) is 23.8 Å². The van der Waals surface area contributed by atoms with Crippen LogP contribution >= 0.6 is 0 Å². The first-order valence-corrected chi connectivity index (χ1v) is 6.68. The summed E-state index contributed by atoms with van der Waals surface area (Å²) in [5, 5.41) is 6.21. The molecule has 1 aromatic heterocycles. The third kappa shape index (κ3) is 4.59. The molecule has 114 valence electrons. The Morgan fingerprint density at radius 3 is 2.64 bits per heavy atom. The lowest BCUT2D eigenvalue weighted by Crippen LogP contribution is -2.26. The normalized spacial score (nSPS) is 11.1. The van der Waals surface area contributed by atoms with Crippen molar-refractivity contribution in [3.8, 4) is 0 Å². The maximum Gasteiger partial charge on any atom is 0.355 e. The van der Waals surface area contributed by atoms with E-state index in [-0.39, 0.29) is 18.2 Å². The average Bonchev–Trinajstić information content (AvgIpc) is 2.90. The van der Waals surface area contributed by atoms with Gasteiger partial charge in [-0.1, -0.05) is 35.5 Å². The first-order chi connectivity index (χ1) is 10.5. The van der Waals surface area contributed by atoms with Crippen molar-refractivity contribution in [3.05, 3.63) is 59.1 Å². The summed E-state index contributed by atoms with van der Waals surface area (Å²) in [6.07, 6.45) is 1.55. The van der Waals surface area contributed by atoms with E-state index >= 15 is 0 Å². The van der Waals surface area contributed by atoms with Crippen molar-refractivity contribution in [1.29, 1.82) is 0 Å². The Bertz CT molecular complexity index is 689. The molecule has 0 aliphatic carbocycles. The summed E-state index contributed by atoms with van der Waals surface area (Å²) in [7, 11) is 0. The summed E-state index contributed by atoms with van der Waals surface area (Å²) in [5.41, 5.74) is 1.35. The first kappa shape index (κ1) is 15.5. The lowest BCUT2D eigenvalue weighted by molar-refractivity contribution is -0.141. The van der Waals surface area contributed by atoms with Crippen LogP contribution in [0.5, 0.6) is 0 Å². The fourth-order valence-corrected chi connectivity index (χ4v) is 1.75. The molecule has 0 bridgehead atoms. The SMILES string of the molecule is CC(=O)N/C(=C\c1ccccc1)C(=O)OCc1cc(C)on1. The van der Waals surface area contributed by atoms with E-state index in [2.05, 4.69) is 10.5 Å². The Morgan fingerprint density at radius 1 is 1.32 bits per heavy atom. The van der Waals surface area contributed by atoms with Gasteiger partial charge in [-0.2, -0.15) is 0 Å². The Balaban J connectivity index is 2.09. The molecular weight excluding hydrogens is 284 g/mol. The predicted molar refractivity (Wildman–Crippen MR) is 79.3 cm³/mol. The van der Waals surface area contributed by atoms with Gasteiger partial charge in [0, 0.05) is 13.0 Å². The number of benzene rings is 1. The van der Waals surface area contributed by atoms with Gasteiger partial charge in [0.25, 0.3) is 0 Å². The second kappa shape index (κ2) is 7.21. The lowest BCUT2D eigenvalue weighted by Gasteiger charge is -2.08. The molecule has 0 unspecified atom stereocenters. The molecule has 1 N–H and O–H groups in total. The summed E-state index contributed by atoms with van der Waals surface area (Å²) in [5.74, 6) is -0.357. The molecule has 1 heterocycles. The van der Waals surface area contributed by atoms with Gasteiger partial charge in [-0.05, 0) is 18.6 Å². The maximum absolute atomic E-state index is 12.1. The summed E-state index contributed by atoms with van der Waals surface area (Å²) in [6.45, 7) is 3.05. The molecule has 2 aromatic rings. The number of hydrogen-bond acceptors (Lipinski definition) is 5. The molecule has 6 heteroatoms. The Labute approximate surface area is 127 Å². The number of carbonyl (C=O) groups excluding carboxylic acids is 2. The Morgan fingerprint density at radius 2 is 2.05 bits per heavy atom. The molecular formula is C16H16N2O4. The van der Waals surface area contributed by atoms with Crippen molar-refractivity contribution in [2.24, 2.45) is 0 Å². The molecule has 0 radical (unpaired) electrons. The molecule has 0 saturated carbocycles. The van der Waals surface area contributed by atoms with Crippen LogP contribution in [0.1, 0.15) is 23.9 Å². The number of aromatic nitrogens is 1. The van der Waals surface area contributed by atoms with E-state index in [1.54, 1.807) is 19.1 Å². The number of nitrogens with one attached hydrogen (secondary N) is 1. The van der Waals surface area contributed by atoms with Crippen LogP contribution in [0, 0.1) is 6.92 Å². The van der Waals surface area contributed by atoms with Crippen LogP contribution < -0.4 is 5.32 Å². The zero-order chi connectivity index (χ0) is 15.9. The number of rotatable bonds is 5. The van der Waals surface area contributed by atoms with Gasteiger partial charge in [0.15, 0.2) is 0 Å². The third-order valence-corrected chi connectivity index (χ3v) is 2.67. The van der Waals surface area contributed by atoms with Crippen LogP contribution in [0.4, 0.5) is 0 Å². The zero-order valence-electron chi connectivity index (χ0n) is 12.3. The van der Waals surface area contributed by atoms with Gasteiger partial charge in [-0.15, -0.1) is 0 Å². The lowest BCUT2D eigenvalue weighted by atomic mass is 10.2. The fourth-order valence-electron chi connectivity index (χ4n) is 1.75. The Kier molecular flexibility index (Phi) is 5.08. The number of nitrogens with zero attached hydrogens (tertiary/aromatic N) is 1. The molecule has 0 atom stereocenters. The molecule has 1 amide bonds. The van der Waals surface area contributed by atoms with Gasteiger partial charge in [-0.3, -0.25) is 4.79 Å². The van der Waals surface area contributed by atoms with Gasteiger partial charge in [-0.25, -0.2) is 4.79 Å². The van der Waals surface area contributed by atoms with Gasteiger partial charge in [0.2, 0.25) is 5.91 Å². The zero-order valence-corrected chi connectivity index (χ0v) is 12.3. The van der Waals surface area contributed by atoms with Crippen molar-refractivity contribution < 1.29 is 18.8 Å². The number of carbonyl (C=O) groups is 2. The van der Waals surface area contributed by atoms with E-state index < -0.39 is 5.97 Å². The average molecular weight is 300 g/mol. The molecule has 2 rings (SSSR count).